The SMILES string of the molecule is CCCCCCCCCCCCc1ccc(C(=O)/C=C/NCCN/C=C/C(=O)c2ccc(CCCCCCCCCCCC)c(CCCCCCCCCCCC)c2)cc1CCCCCCCCCCCC. The Morgan fingerprint density at radius 2 is 0.528 bits per heavy atom. The maximum absolute atomic E-state index is 13.4. The third-order valence-electron chi connectivity index (χ3n) is 15.3. The molecular formula is C68H116N2O2. The van der Waals surface area contributed by atoms with Crippen molar-refractivity contribution in [1.29, 1.82) is 0 Å². The van der Waals surface area contributed by atoms with E-state index in [1.165, 1.54) is 279 Å². The molecule has 2 aromatic rings. The van der Waals surface area contributed by atoms with Gasteiger partial charge in [-0.2, -0.15) is 0 Å². The summed E-state index contributed by atoms with van der Waals surface area (Å²) in [5.41, 5.74) is 7.24. The minimum atomic E-state index is 0.0535. The Balaban J connectivity index is 1.86. The molecule has 0 spiro atoms. The molecule has 0 aliphatic carbocycles. The van der Waals surface area contributed by atoms with E-state index in [2.05, 4.69) is 74.7 Å². The summed E-state index contributed by atoms with van der Waals surface area (Å²) >= 11 is 0. The highest BCUT2D eigenvalue weighted by Gasteiger charge is 2.11. The molecule has 4 nitrogen and oxygen atoms in total. The number of carbonyl (C=O) groups excluding carboxylic acids is 2. The molecule has 0 fully saturated rings. The van der Waals surface area contributed by atoms with Gasteiger partial charge in [0.05, 0.1) is 0 Å². The molecule has 2 N–H and O–H groups in total. The first kappa shape index (κ1) is 65.0. The first-order valence-electron chi connectivity index (χ1n) is 31.7. The average molecular weight is 994 g/mol. The Morgan fingerprint density at radius 1 is 0.306 bits per heavy atom. The number of aryl methyl sites for hydroxylation is 4. The number of rotatable bonds is 53. The van der Waals surface area contributed by atoms with Gasteiger partial charge in [-0.15, -0.1) is 0 Å². The van der Waals surface area contributed by atoms with E-state index >= 15 is 0 Å². The molecule has 0 aromatic heterocycles. The van der Waals surface area contributed by atoms with Crippen LogP contribution in [0.1, 0.15) is 327 Å². The van der Waals surface area contributed by atoms with Crippen molar-refractivity contribution in [2.45, 2.75) is 310 Å². The predicted molar refractivity (Wildman–Crippen MR) is 318 cm³/mol. The summed E-state index contributed by atoms with van der Waals surface area (Å²) in [6.07, 6.45) is 65.2. The summed E-state index contributed by atoms with van der Waals surface area (Å²) < 4.78 is 0. The number of hydrogen-bond acceptors (Lipinski definition) is 4. The molecule has 2 rings (SSSR count). The predicted octanol–water partition coefficient (Wildman–Crippen LogP) is 20.8. The van der Waals surface area contributed by atoms with Crippen LogP contribution in [0.4, 0.5) is 0 Å². The van der Waals surface area contributed by atoms with Crippen LogP contribution in [0.3, 0.4) is 0 Å². The van der Waals surface area contributed by atoms with Crippen LogP contribution in [0, 0.1) is 0 Å². The zero-order valence-electron chi connectivity index (χ0n) is 48.1. The van der Waals surface area contributed by atoms with Crippen LogP contribution >= 0.6 is 0 Å². The van der Waals surface area contributed by atoms with Gasteiger partial charge in [-0.3, -0.25) is 9.59 Å². The van der Waals surface area contributed by atoms with Gasteiger partial charge >= 0.3 is 0 Å². The number of allylic oxidation sites excluding steroid dienone is 2. The van der Waals surface area contributed by atoms with E-state index in [1.807, 2.05) is 0 Å². The first-order valence-corrected chi connectivity index (χ1v) is 31.7. The van der Waals surface area contributed by atoms with Gasteiger partial charge in [0.1, 0.15) is 0 Å². The lowest BCUT2D eigenvalue weighted by atomic mass is 9.93. The van der Waals surface area contributed by atoms with Crippen LogP contribution in [0.15, 0.2) is 61.0 Å². The van der Waals surface area contributed by atoms with E-state index in [-0.39, 0.29) is 11.6 Å². The topological polar surface area (TPSA) is 58.2 Å². The van der Waals surface area contributed by atoms with Gasteiger partial charge in [0.15, 0.2) is 11.6 Å². The first-order chi connectivity index (χ1) is 35.5. The molecule has 4 heteroatoms. The summed E-state index contributed by atoms with van der Waals surface area (Å²) in [7, 11) is 0. The number of unbranched alkanes of at least 4 members (excludes halogenated alkanes) is 36. The maximum atomic E-state index is 13.4. The van der Waals surface area contributed by atoms with Crippen molar-refractivity contribution in [1.82, 2.24) is 10.6 Å². The van der Waals surface area contributed by atoms with Gasteiger partial charge in [-0.1, -0.05) is 283 Å². The van der Waals surface area contributed by atoms with Crippen LogP contribution in [-0.4, -0.2) is 24.7 Å². The van der Waals surface area contributed by atoms with E-state index in [4.69, 9.17) is 0 Å². The number of ketones is 2. The molecule has 0 unspecified atom stereocenters. The van der Waals surface area contributed by atoms with Gasteiger partial charge in [0, 0.05) is 48.8 Å². The third kappa shape index (κ3) is 35.9. The third-order valence-corrected chi connectivity index (χ3v) is 15.3. The van der Waals surface area contributed by atoms with Crippen LogP contribution < -0.4 is 10.6 Å². The van der Waals surface area contributed by atoms with Crippen LogP contribution in [0.5, 0.6) is 0 Å². The van der Waals surface area contributed by atoms with E-state index in [9.17, 15) is 9.59 Å². The molecule has 0 amide bonds. The fraction of sp³-hybridized carbons (Fsp3) is 0.735. The summed E-state index contributed by atoms with van der Waals surface area (Å²) in [4.78, 5) is 26.8. The highest BCUT2D eigenvalue weighted by molar-refractivity contribution is 6.05. The second-order valence-corrected chi connectivity index (χ2v) is 22.0. The van der Waals surface area contributed by atoms with Crippen molar-refractivity contribution in [2.75, 3.05) is 13.1 Å². The van der Waals surface area contributed by atoms with Crippen LogP contribution in [0.2, 0.25) is 0 Å². The standard InChI is InChI=1S/C68H116N2O2/c1-5-9-13-17-21-25-29-33-37-41-45-61-49-51-65(59-63(61)47-43-39-35-31-27-23-19-15-11-7-3)67(71)53-55-69-57-58-70-56-54-68(72)66-52-50-62(46-42-38-34-30-26-22-18-14-10-6-2)64(60-66)48-44-40-36-32-28-24-20-16-12-8-4/h49-56,59-60,69-70H,5-48,57-58H2,1-4H3/b55-53+,56-54+. The molecule has 410 valence electrons. The summed E-state index contributed by atoms with van der Waals surface area (Å²) in [5, 5.41) is 6.56. The number of benzene rings is 2. The van der Waals surface area contributed by atoms with Gasteiger partial charge in [-0.05, 0) is 85.8 Å². The van der Waals surface area contributed by atoms with Gasteiger partial charge in [0.25, 0.3) is 0 Å². The summed E-state index contributed by atoms with van der Waals surface area (Å²) in [5.74, 6) is 0.107. The quantitative estimate of drug-likeness (QED) is 0.0394. The Kier molecular flexibility index (Phi) is 44.0. The minimum absolute atomic E-state index is 0.0535. The second-order valence-electron chi connectivity index (χ2n) is 22.0. The van der Waals surface area contributed by atoms with Gasteiger partial charge in [-0.25, -0.2) is 0 Å². The Hall–Kier alpha value is -3.14. The van der Waals surface area contributed by atoms with Crippen molar-refractivity contribution < 1.29 is 9.59 Å². The number of hydrogen-bond donors (Lipinski definition) is 2. The Morgan fingerprint density at radius 3 is 0.778 bits per heavy atom. The zero-order chi connectivity index (χ0) is 51.6. The lowest BCUT2D eigenvalue weighted by Crippen LogP contribution is -2.20. The van der Waals surface area contributed by atoms with Gasteiger partial charge in [0.2, 0.25) is 0 Å². The number of carbonyl (C=O) groups is 2. The highest BCUT2D eigenvalue weighted by atomic mass is 16.1. The van der Waals surface area contributed by atoms with Crippen molar-refractivity contribution in [3.05, 3.63) is 94.3 Å². The summed E-state index contributed by atoms with van der Waals surface area (Å²) in [6.45, 7) is 10.5. The van der Waals surface area contributed by atoms with Crippen molar-refractivity contribution in [3.8, 4) is 0 Å². The molecule has 0 heterocycles. The Bertz CT molecular complexity index is 1500. The molecule has 0 aliphatic rings. The summed E-state index contributed by atoms with van der Waals surface area (Å²) in [6, 6.07) is 13.0. The maximum Gasteiger partial charge on any atom is 0.187 e. The fourth-order valence-electron chi connectivity index (χ4n) is 10.5. The smallest absolute Gasteiger partial charge is 0.187 e. The van der Waals surface area contributed by atoms with Crippen molar-refractivity contribution in [2.24, 2.45) is 0 Å². The lowest BCUT2D eigenvalue weighted by Gasteiger charge is -2.12. The average Bonchev–Trinajstić information content (AvgIpc) is 3.39. The number of nitrogens with one attached hydrogen (secondary N) is 2. The van der Waals surface area contributed by atoms with Crippen molar-refractivity contribution >= 4 is 11.6 Å². The monoisotopic (exact) mass is 993 g/mol. The van der Waals surface area contributed by atoms with Crippen LogP contribution in [-0.2, 0) is 25.7 Å². The van der Waals surface area contributed by atoms with E-state index in [0.717, 1.165) is 36.8 Å². The normalized spacial score (nSPS) is 11.7. The molecule has 0 aliphatic heterocycles. The largest absolute Gasteiger partial charge is 0.389 e. The second kappa shape index (κ2) is 48.8. The Labute approximate surface area is 447 Å². The minimum Gasteiger partial charge on any atom is -0.389 e. The van der Waals surface area contributed by atoms with E-state index in [1.54, 1.807) is 24.6 Å². The molecule has 72 heavy (non-hydrogen) atoms. The molecule has 2 aromatic carbocycles. The van der Waals surface area contributed by atoms with E-state index < -0.39 is 0 Å². The molecule has 0 saturated carbocycles. The molecule has 0 saturated heterocycles. The highest BCUT2D eigenvalue weighted by Crippen LogP contribution is 2.23. The zero-order valence-corrected chi connectivity index (χ0v) is 48.1. The lowest BCUT2D eigenvalue weighted by molar-refractivity contribution is 0.103. The molecule has 0 atom stereocenters. The van der Waals surface area contributed by atoms with Gasteiger partial charge < -0.3 is 10.6 Å². The molecule has 0 bridgehead atoms. The molecule has 0 radical (unpaired) electrons. The van der Waals surface area contributed by atoms with Crippen molar-refractivity contribution in [3.63, 3.8) is 0 Å². The van der Waals surface area contributed by atoms with Crippen LogP contribution in [0.25, 0.3) is 0 Å². The fourth-order valence-corrected chi connectivity index (χ4v) is 10.5. The van der Waals surface area contributed by atoms with E-state index in [0.29, 0.717) is 13.1 Å². The molecular weight excluding hydrogens is 877 g/mol.